The van der Waals surface area contributed by atoms with Gasteiger partial charge in [-0.05, 0) is 54.3 Å². The van der Waals surface area contributed by atoms with Gasteiger partial charge in [0.05, 0.1) is 12.7 Å². The maximum absolute atomic E-state index is 13.6. The Balaban J connectivity index is 1.43. The molecule has 0 spiro atoms. The highest BCUT2D eigenvalue weighted by Gasteiger charge is 2.35. The van der Waals surface area contributed by atoms with E-state index in [1.54, 1.807) is 20.1 Å². The number of anilines is 1. The highest BCUT2D eigenvalue weighted by molar-refractivity contribution is 9.10. The number of benzene rings is 4. The minimum Gasteiger partial charge on any atom is -0.497 e. The molecule has 0 fully saturated rings. The van der Waals surface area contributed by atoms with Crippen LogP contribution < -0.4 is 20.2 Å². The average Bonchev–Trinajstić information content (AvgIpc) is 2.90. The Morgan fingerprint density at radius 2 is 1.78 bits per heavy atom. The van der Waals surface area contributed by atoms with Gasteiger partial charge in [-0.2, -0.15) is 0 Å². The van der Waals surface area contributed by atoms with Crippen LogP contribution >= 0.6 is 15.9 Å². The van der Waals surface area contributed by atoms with Crippen LogP contribution in [-0.4, -0.2) is 30.0 Å². The number of nitrogens with zero attached hydrogens (tertiary/aromatic N) is 1. The normalized spacial score (nSPS) is 15.6. The fraction of sp³-hybridized carbons (Fsp3) is 0.143. The molecule has 36 heavy (non-hydrogen) atoms. The van der Waals surface area contributed by atoms with E-state index in [0.717, 1.165) is 20.8 Å². The molecule has 8 heteroatoms. The summed E-state index contributed by atoms with van der Waals surface area (Å²) in [6.07, 6.45) is -1.49. The third kappa shape index (κ3) is 4.59. The third-order valence-electron chi connectivity index (χ3n) is 6.07. The van der Waals surface area contributed by atoms with Crippen molar-refractivity contribution in [3.63, 3.8) is 0 Å². The molecule has 2 amide bonds. The Kier molecular flexibility index (Phi) is 6.52. The zero-order valence-corrected chi connectivity index (χ0v) is 21.3. The number of rotatable bonds is 6. The van der Waals surface area contributed by atoms with Crippen molar-refractivity contribution in [2.75, 3.05) is 12.4 Å². The number of carbonyl (C=O) groups is 2. The van der Waals surface area contributed by atoms with Crippen molar-refractivity contribution in [2.45, 2.75) is 19.2 Å². The smallest absolute Gasteiger partial charge is 0.279 e. The summed E-state index contributed by atoms with van der Waals surface area (Å²) in [6.45, 7) is 1.66. The Hall–Kier alpha value is -4.04. The maximum Gasteiger partial charge on any atom is 0.279 e. The Bertz CT molecular complexity index is 1440. The van der Waals surface area contributed by atoms with E-state index in [0.29, 0.717) is 22.7 Å². The topological polar surface area (TPSA) is 79.9 Å². The van der Waals surface area contributed by atoms with Gasteiger partial charge in [0.15, 0.2) is 6.10 Å². The largest absolute Gasteiger partial charge is 0.497 e. The predicted octanol–water partition coefficient (Wildman–Crippen LogP) is 5.68. The molecule has 2 N–H and O–H groups in total. The van der Waals surface area contributed by atoms with Crippen LogP contribution in [0.25, 0.3) is 10.8 Å². The summed E-state index contributed by atoms with van der Waals surface area (Å²) in [7, 11) is 1.59. The highest BCUT2D eigenvalue weighted by atomic mass is 79.9. The van der Waals surface area contributed by atoms with E-state index in [1.807, 2.05) is 78.9 Å². The van der Waals surface area contributed by atoms with Crippen molar-refractivity contribution in [3.8, 4) is 11.5 Å². The molecule has 7 nitrogen and oxygen atoms in total. The molecule has 182 valence electrons. The van der Waals surface area contributed by atoms with E-state index in [2.05, 4.69) is 26.7 Å². The van der Waals surface area contributed by atoms with Crippen molar-refractivity contribution in [3.05, 3.63) is 101 Å². The van der Waals surface area contributed by atoms with E-state index < -0.39 is 18.2 Å². The van der Waals surface area contributed by atoms with Crippen LogP contribution in [-0.2, 0) is 4.79 Å². The van der Waals surface area contributed by atoms with Gasteiger partial charge in [-0.3, -0.25) is 15.0 Å². The summed E-state index contributed by atoms with van der Waals surface area (Å²) >= 11 is 3.42. The highest BCUT2D eigenvalue weighted by Crippen LogP contribution is 2.34. The predicted molar refractivity (Wildman–Crippen MR) is 142 cm³/mol. The van der Waals surface area contributed by atoms with Gasteiger partial charge >= 0.3 is 0 Å². The van der Waals surface area contributed by atoms with Gasteiger partial charge in [0.2, 0.25) is 0 Å². The molecule has 0 aliphatic carbocycles. The summed E-state index contributed by atoms with van der Waals surface area (Å²) in [5, 5.41) is 6.59. The molecule has 0 saturated heterocycles. The van der Waals surface area contributed by atoms with Crippen LogP contribution in [0.3, 0.4) is 0 Å². The lowest BCUT2D eigenvalue weighted by Crippen LogP contribution is -2.55. The van der Waals surface area contributed by atoms with Crippen LogP contribution in [0.4, 0.5) is 5.69 Å². The van der Waals surface area contributed by atoms with E-state index in [4.69, 9.17) is 9.47 Å². The second kappa shape index (κ2) is 9.91. The second-order valence-corrected chi connectivity index (χ2v) is 9.31. The van der Waals surface area contributed by atoms with Crippen molar-refractivity contribution in [1.82, 2.24) is 10.4 Å². The summed E-state index contributed by atoms with van der Waals surface area (Å²) in [6, 6.07) is 26.2. The number of hydrazine groups is 1. The quantitative estimate of drug-likeness (QED) is 0.326. The SMILES string of the molecule is COc1ccc(C2Nc3ccc(Br)cc3C(=O)N2NC(=O)C(C)Oc2cccc3ccccc23)cc1. The lowest BCUT2D eigenvalue weighted by molar-refractivity contribution is -0.132. The molecule has 4 aromatic carbocycles. The minimum absolute atomic E-state index is 0.337. The summed E-state index contributed by atoms with van der Waals surface area (Å²) in [5.74, 6) is 0.504. The first-order chi connectivity index (χ1) is 17.4. The van der Waals surface area contributed by atoms with Crippen molar-refractivity contribution >= 4 is 44.2 Å². The summed E-state index contributed by atoms with van der Waals surface area (Å²) < 4.78 is 12.1. The summed E-state index contributed by atoms with van der Waals surface area (Å²) in [4.78, 5) is 26.8. The lowest BCUT2D eigenvalue weighted by atomic mass is 10.0. The van der Waals surface area contributed by atoms with Gasteiger partial charge in [0.1, 0.15) is 17.7 Å². The molecular formula is C28H24BrN3O4. The monoisotopic (exact) mass is 545 g/mol. The molecule has 0 aromatic heterocycles. The zero-order chi connectivity index (χ0) is 25.2. The van der Waals surface area contributed by atoms with Gasteiger partial charge in [-0.1, -0.05) is 64.5 Å². The number of hydrogen-bond acceptors (Lipinski definition) is 5. The van der Waals surface area contributed by atoms with Gasteiger partial charge in [-0.15, -0.1) is 0 Å². The van der Waals surface area contributed by atoms with Crippen LogP contribution in [0.5, 0.6) is 11.5 Å². The fourth-order valence-corrected chi connectivity index (χ4v) is 4.53. The number of fused-ring (bicyclic) bond motifs is 2. The van der Waals surface area contributed by atoms with E-state index in [-0.39, 0.29) is 5.91 Å². The van der Waals surface area contributed by atoms with Crippen molar-refractivity contribution < 1.29 is 19.1 Å². The molecule has 1 heterocycles. The molecule has 0 saturated carbocycles. The first-order valence-corrected chi connectivity index (χ1v) is 12.2. The summed E-state index contributed by atoms with van der Waals surface area (Å²) in [5.41, 5.74) is 4.68. The molecule has 5 rings (SSSR count). The first-order valence-electron chi connectivity index (χ1n) is 11.4. The Morgan fingerprint density at radius 3 is 2.56 bits per heavy atom. The molecule has 1 aliphatic rings. The number of methoxy groups -OCH3 is 1. The van der Waals surface area contributed by atoms with Gasteiger partial charge < -0.3 is 14.8 Å². The molecule has 2 unspecified atom stereocenters. The van der Waals surface area contributed by atoms with E-state index in [9.17, 15) is 9.59 Å². The maximum atomic E-state index is 13.6. The van der Waals surface area contributed by atoms with Crippen LogP contribution in [0.1, 0.15) is 29.0 Å². The molecule has 4 aromatic rings. The number of halogens is 1. The molecule has 1 aliphatic heterocycles. The zero-order valence-electron chi connectivity index (χ0n) is 19.7. The number of nitrogens with one attached hydrogen (secondary N) is 2. The van der Waals surface area contributed by atoms with Crippen LogP contribution in [0.15, 0.2) is 89.4 Å². The van der Waals surface area contributed by atoms with Crippen LogP contribution in [0, 0.1) is 0 Å². The second-order valence-electron chi connectivity index (χ2n) is 8.40. The van der Waals surface area contributed by atoms with Crippen molar-refractivity contribution in [1.29, 1.82) is 0 Å². The van der Waals surface area contributed by atoms with Gasteiger partial charge in [0.25, 0.3) is 11.8 Å². The van der Waals surface area contributed by atoms with E-state index >= 15 is 0 Å². The fourth-order valence-electron chi connectivity index (χ4n) is 4.16. The van der Waals surface area contributed by atoms with Gasteiger partial charge in [-0.25, -0.2) is 5.01 Å². The van der Waals surface area contributed by atoms with Crippen LogP contribution in [0.2, 0.25) is 0 Å². The number of carbonyl (C=O) groups excluding carboxylic acids is 2. The number of ether oxygens (including phenoxy) is 2. The first kappa shape index (κ1) is 23.7. The Morgan fingerprint density at radius 1 is 1.03 bits per heavy atom. The van der Waals surface area contributed by atoms with Gasteiger partial charge in [0, 0.05) is 15.5 Å². The Labute approximate surface area is 217 Å². The lowest BCUT2D eigenvalue weighted by Gasteiger charge is -2.38. The minimum atomic E-state index is -0.857. The molecule has 2 atom stereocenters. The molecule has 0 radical (unpaired) electrons. The number of amides is 2. The molecule has 0 bridgehead atoms. The molecular weight excluding hydrogens is 522 g/mol. The third-order valence-corrected chi connectivity index (χ3v) is 6.56. The number of hydrogen-bond donors (Lipinski definition) is 2. The van der Waals surface area contributed by atoms with E-state index in [1.165, 1.54) is 5.01 Å². The standard InChI is InChI=1S/C28H24BrN3O4/c1-17(36-25-9-5-7-18-6-3-4-8-22(18)25)27(33)31-32-26(19-10-13-21(35-2)14-11-19)30-24-15-12-20(29)16-23(24)28(32)34/h3-17,26,30H,1-2H3,(H,31,33). The average molecular weight is 546 g/mol. The van der Waals surface area contributed by atoms with Crippen molar-refractivity contribution in [2.24, 2.45) is 0 Å².